The lowest BCUT2D eigenvalue weighted by Gasteiger charge is -2.34. The number of pyridine rings is 1. The molecule has 0 radical (unpaired) electrons. The van der Waals surface area contributed by atoms with Gasteiger partial charge in [0.15, 0.2) is 5.96 Å². The Morgan fingerprint density at radius 2 is 2.07 bits per heavy atom. The van der Waals surface area contributed by atoms with Gasteiger partial charge in [-0.05, 0) is 39.5 Å². The molecule has 2 rings (SSSR count). The number of likely N-dealkylation sites (tertiary alicyclic amines) is 1. The summed E-state index contributed by atoms with van der Waals surface area (Å²) in [5.41, 5.74) is 3.01. The number of nitrogens with zero attached hydrogens (tertiary/aromatic N) is 3. The van der Waals surface area contributed by atoms with Gasteiger partial charge in [-0.1, -0.05) is 0 Å². The molecular formula is C20H33N5O2. The number of hydrogen-bond donors (Lipinski definition) is 2. The molecule has 0 atom stereocenters. The number of carbonyl (C=O) groups is 1. The zero-order valence-electron chi connectivity index (χ0n) is 17.3. The number of hydrogen-bond acceptors (Lipinski definition) is 4. The van der Waals surface area contributed by atoms with E-state index in [9.17, 15) is 4.79 Å². The Hall–Kier alpha value is -2.31. The molecule has 2 heterocycles. The summed E-state index contributed by atoms with van der Waals surface area (Å²) in [6.07, 6.45) is 4.47. The Morgan fingerprint density at radius 1 is 1.37 bits per heavy atom. The van der Waals surface area contributed by atoms with Crippen LogP contribution in [0.15, 0.2) is 11.2 Å². The molecule has 0 aromatic carbocycles. The van der Waals surface area contributed by atoms with Crippen molar-refractivity contribution in [3.8, 4) is 5.75 Å². The Bertz CT molecular complexity index is 667. The van der Waals surface area contributed by atoms with Crippen LogP contribution in [0.2, 0.25) is 0 Å². The van der Waals surface area contributed by atoms with Crippen LogP contribution in [0.1, 0.15) is 43.0 Å². The van der Waals surface area contributed by atoms with Gasteiger partial charge in [-0.15, -0.1) is 0 Å². The molecule has 2 N–H and O–H groups in total. The minimum absolute atomic E-state index is 0.129. The Kier molecular flexibility index (Phi) is 7.88. The number of rotatable bonds is 6. The fourth-order valence-corrected chi connectivity index (χ4v) is 3.52. The summed E-state index contributed by atoms with van der Waals surface area (Å²) in [6, 6.07) is 0. The monoisotopic (exact) mass is 375 g/mol. The van der Waals surface area contributed by atoms with Gasteiger partial charge >= 0.3 is 0 Å². The van der Waals surface area contributed by atoms with E-state index < -0.39 is 0 Å². The third-order valence-electron chi connectivity index (χ3n) is 5.13. The first-order valence-electron chi connectivity index (χ1n) is 9.73. The predicted octanol–water partition coefficient (Wildman–Crippen LogP) is 2.02. The van der Waals surface area contributed by atoms with E-state index in [-0.39, 0.29) is 5.91 Å². The number of aromatic nitrogens is 1. The predicted molar refractivity (Wildman–Crippen MR) is 108 cm³/mol. The van der Waals surface area contributed by atoms with Crippen molar-refractivity contribution >= 4 is 11.9 Å². The average Bonchev–Trinajstić information content (AvgIpc) is 2.67. The first kappa shape index (κ1) is 21.0. The summed E-state index contributed by atoms with van der Waals surface area (Å²) in [5.74, 6) is 2.38. The van der Waals surface area contributed by atoms with Crippen LogP contribution in [0.25, 0.3) is 0 Å². The smallest absolute Gasteiger partial charge is 0.220 e. The first-order valence-corrected chi connectivity index (χ1v) is 9.73. The molecule has 0 saturated carbocycles. The third-order valence-corrected chi connectivity index (χ3v) is 5.13. The van der Waals surface area contributed by atoms with Crippen molar-refractivity contribution in [2.24, 2.45) is 10.9 Å². The van der Waals surface area contributed by atoms with E-state index in [0.717, 1.165) is 61.0 Å². The zero-order valence-corrected chi connectivity index (χ0v) is 17.3. The van der Waals surface area contributed by atoms with Crippen LogP contribution < -0.4 is 15.4 Å². The van der Waals surface area contributed by atoms with Gasteiger partial charge in [0.05, 0.1) is 19.3 Å². The normalized spacial score (nSPS) is 15.6. The topological polar surface area (TPSA) is 78.9 Å². The van der Waals surface area contributed by atoms with Crippen LogP contribution in [-0.4, -0.2) is 55.5 Å². The van der Waals surface area contributed by atoms with Gasteiger partial charge in [0, 0.05) is 50.4 Å². The van der Waals surface area contributed by atoms with Crippen molar-refractivity contribution < 1.29 is 9.53 Å². The van der Waals surface area contributed by atoms with Crippen molar-refractivity contribution in [3.05, 3.63) is 23.0 Å². The number of carbonyl (C=O) groups excluding carboxylic acids is 1. The van der Waals surface area contributed by atoms with E-state index in [1.54, 1.807) is 14.2 Å². The lowest BCUT2D eigenvalue weighted by atomic mass is 9.93. The molecule has 0 unspecified atom stereocenters. The molecule has 27 heavy (non-hydrogen) atoms. The standard InChI is InChI=1S/C20H33N5O2/c1-6-22-20(25-9-7-16(8-10-25)11-18(26)21-4)24-13-17-15(3)19(27-5)14(2)12-23-17/h12,16H,6-11,13H2,1-5H3,(H,21,26)(H,22,24). The van der Waals surface area contributed by atoms with Gasteiger partial charge in [0.2, 0.25) is 5.91 Å². The van der Waals surface area contributed by atoms with E-state index in [4.69, 9.17) is 9.73 Å². The number of aryl methyl sites for hydroxylation is 1. The van der Waals surface area contributed by atoms with Crippen LogP contribution in [0.3, 0.4) is 0 Å². The highest BCUT2D eigenvalue weighted by molar-refractivity contribution is 5.80. The van der Waals surface area contributed by atoms with E-state index in [1.165, 1.54) is 0 Å². The van der Waals surface area contributed by atoms with Gasteiger partial charge < -0.3 is 20.3 Å². The highest BCUT2D eigenvalue weighted by atomic mass is 16.5. The lowest BCUT2D eigenvalue weighted by molar-refractivity contribution is -0.121. The number of nitrogens with one attached hydrogen (secondary N) is 2. The SMILES string of the molecule is CCNC(=NCc1ncc(C)c(OC)c1C)N1CCC(CC(=O)NC)CC1. The molecular weight excluding hydrogens is 342 g/mol. The number of methoxy groups -OCH3 is 1. The molecule has 0 aliphatic carbocycles. The van der Waals surface area contributed by atoms with Gasteiger partial charge in [-0.25, -0.2) is 4.99 Å². The van der Waals surface area contributed by atoms with Crippen molar-refractivity contribution in [3.63, 3.8) is 0 Å². The lowest BCUT2D eigenvalue weighted by Crippen LogP contribution is -2.46. The summed E-state index contributed by atoms with van der Waals surface area (Å²) >= 11 is 0. The fourth-order valence-electron chi connectivity index (χ4n) is 3.52. The second-order valence-corrected chi connectivity index (χ2v) is 7.02. The van der Waals surface area contributed by atoms with Gasteiger partial charge in [-0.3, -0.25) is 9.78 Å². The van der Waals surface area contributed by atoms with Crippen molar-refractivity contribution in [2.75, 3.05) is 33.8 Å². The minimum Gasteiger partial charge on any atom is -0.496 e. The van der Waals surface area contributed by atoms with E-state index in [0.29, 0.717) is 18.9 Å². The quantitative estimate of drug-likeness (QED) is 0.587. The summed E-state index contributed by atoms with van der Waals surface area (Å²) in [7, 11) is 3.39. The van der Waals surface area contributed by atoms with Gasteiger partial charge in [0.25, 0.3) is 0 Å². The fraction of sp³-hybridized carbons (Fsp3) is 0.650. The van der Waals surface area contributed by atoms with Crippen LogP contribution in [0, 0.1) is 19.8 Å². The molecule has 1 fully saturated rings. The molecule has 7 heteroatoms. The Morgan fingerprint density at radius 3 is 2.67 bits per heavy atom. The second kappa shape index (κ2) is 10.1. The Balaban J connectivity index is 2.04. The number of piperidine rings is 1. The molecule has 1 aliphatic rings. The van der Waals surface area contributed by atoms with Crippen molar-refractivity contribution in [1.82, 2.24) is 20.5 Å². The summed E-state index contributed by atoms with van der Waals surface area (Å²) in [5, 5.41) is 6.10. The van der Waals surface area contributed by atoms with Crippen molar-refractivity contribution in [1.29, 1.82) is 0 Å². The number of guanidine groups is 1. The molecule has 1 amide bonds. The molecule has 0 bridgehead atoms. The molecule has 1 aromatic heterocycles. The molecule has 1 saturated heterocycles. The van der Waals surface area contributed by atoms with Gasteiger partial charge in [0.1, 0.15) is 5.75 Å². The highest BCUT2D eigenvalue weighted by Crippen LogP contribution is 2.25. The van der Waals surface area contributed by atoms with E-state index in [2.05, 4.69) is 27.4 Å². The molecule has 0 spiro atoms. The Labute approximate surface area is 162 Å². The summed E-state index contributed by atoms with van der Waals surface area (Å²) < 4.78 is 5.49. The summed E-state index contributed by atoms with van der Waals surface area (Å²) in [4.78, 5) is 23.2. The first-order chi connectivity index (χ1) is 13.0. The molecule has 150 valence electrons. The number of amides is 1. The highest BCUT2D eigenvalue weighted by Gasteiger charge is 2.23. The zero-order chi connectivity index (χ0) is 19.8. The molecule has 1 aliphatic heterocycles. The van der Waals surface area contributed by atoms with Crippen LogP contribution in [0.4, 0.5) is 0 Å². The number of aliphatic imine (C=N–C) groups is 1. The number of ether oxygens (including phenoxy) is 1. The molecule has 1 aromatic rings. The van der Waals surface area contributed by atoms with Crippen molar-refractivity contribution in [2.45, 2.75) is 46.6 Å². The largest absolute Gasteiger partial charge is 0.496 e. The van der Waals surface area contributed by atoms with E-state index in [1.807, 2.05) is 20.0 Å². The maximum Gasteiger partial charge on any atom is 0.220 e. The maximum absolute atomic E-state index is 11.6. The minimum atomic E-state index is 0.129. The maximum atomic E-state index is 11.6. The summed E-state index contributed by atoms with van der Waals surface area (Å²) in [6.45, 7) is 9.27. The third kappa shape index (κ3) is 5.58. The van der Waals surface area contributed by atoms with E-state index >= 15 is 0 Å². The van der Waals surface area contributed by atoms with Crippen LogP contribution in [0.5, 0.6) is 5.75 Å². The van der Waals surface area contributed by atoms with Crippen LogP contribution >= 0.6 is 0 Å². The average molecular weight is 376 g/mol. The molecule has 7 nitrogen and oxygen atoms in total. The van der Waals surface area contributed by atoms with Crippen LogP contribution in [-0.2, 0) is 11.3 Å². The van der Waals surface area contributed by atoms with Gasteiger partial charge in [-0.2, -0.15) is 0 Å². The second-order valence-electron chi connectivity index (χ2n) is 7.02.